The van der Waals surface area contributed by atoms with Gasteiger partial charge in [0.1, 0.15) is 11.7 Å². The molecule has 3 atom stereocenters. The topological polar surface area (TPSA) is 149 Å². The number of hydrogen-bond acceptors (Lipinski definition) is 7. The van der Waals surface area contributed by atoms with Gasteiger partial charge in [0.2, 0.25) is 15.9 Å². The van der Waals surface area contributed by atoms with E-state index in [9.17, 15) is 23.1 Å². The van der Waals surface area contributed by atoms with Crippen LogP contribution in [0.4, 0.5) is 0 Å². The lowest BCUT2D eigenvalue weighted by Crippen LogP contribution is -2.56. The predicted molar refractivity (Wildman–Crippen MR) is 193 cm³/mol. The van der Waals surface area contributed by atoms with Gasteiger partial charge in [-0.15, -0.1) is 0 Å². The quantitative estimate of drug-likeness (QED) is 0.138. The Morgan fingerprint density at radius 1 is 0.900 bits per heavy atom. The molecular weight excluding hydrogens is 653 g/mol. The van der Waals surface area contributed by atoms with Crippen LogP contribution in [-0.2, 0) is 27.7 Å². The number of carbonyl (C=O) groups excluding carboxylic acids is 2. The number of likely N-dealkylation sites (N-methyl/N-ethyl adjacent to an activating group) is 1. The molecule has 0 fully saturated rings. The Kier molecular flexibility index (Phi) is 12.1. The minimum absolute atomic E-state index is 0.0968. The first kappa shape index (κ1) is 36.4. The summed E-state index contributed by atoms with van der Waals surface area (Å²) in [6.45, 7) is 3.97. The first-order valence-electron chi connectivity index (χ1n) is 16.7. The first-order chi connectivity index (χ1) is 24.0. The van der Waals surface area contributed by atoms with Gasteiger partial charge in [0.05, 0.1) is 28.9 Å². The molecule has 2 amide bonds. The third-order valence-electron chi connectivity index (χ3n) is 8.72. The van der Waals surface area contributed by atoms with Crippen LogP contribution in [0.5, 0.6) is 0 Å². The van der Waals surface area contributed by atoms with Crippen molar-refractivity contribution in [3.63, 3.8) is 0 Å². The lowest BCUT2D eigenvalue weighted by atomic mass is 9.98. The molecule has 2 aromatic heterocycles. The molecule has 262 valence electrons. The molecule has 0 aliphatic rings. The Morgan fingerprint density at radius 3 is 2.26 bits per heavy atom. The van der Waals surface area contributed by atoms with E-state index in [1.165, 1.54) is 27.7 Å². The number of carbonyl (C=O) groups is 2. The first-order valence-corrected chi connectivity index (χ1v) is 18.1. The fraction of sp³-hybridized carbons (Fsp3) is 0.316. The van der Waals surface area contributed by atoms with Crippen molar-refractivity contribution in [3.05, 3.63) is 127 Å². The Balaban J connectivity index is 1.44. The van der Waals surface area contributed by atoms with Gasteiger partial charge in [-0.3, -0.25) is 9.59 Å². The number of aromatic amines is 1. The van der Waals surface area contributed by atoms with Gasteiger partial charge >= 0.3 is 0 Å². The summed E-state index contributed by atoms with van der Waals surface area (Å²) in [6, 6.07) is 26.5. The highest BCUT2D eigenvalue weighted by atomic mass is 32.2. The predicted octanol–water partition coefficient (Wildman–Crippen LogP) is 4.47. The Hall–Kier alpha value is -4.91. The van der Waals surface area contributed by atoms with Gasteiger partial charge in [-0.2, -0.15) is 4.31 Å². The van der Waals surface area contributed by atoms with Crippen molar-refractivity contribution in [1.29, 1.82) is 0 Å². The maximum Gasteiger partial charge on any atom is 0.270 e. The highest BCUT2D eigenvalue weighted by molar-refractivity contribution is 7.89. The number of aliphatic hydroxyl groups excluding tert-OH is 1. The second-order valence-electron chi connectivity index (χ2n) is 12.8. The number of aliphatic hydroxyl groups is 1. The van der Waals surface area contributed by atoms with Gasteiger partial charge in [-0.05, 0) is 48.6 Å². The van der Waals surface area contributed by atoms with Crippen LogP contribution in [0.3, 0.4) is 0 Å². The van der Waals surface area contributed by atoms with Crippen LogP contribution in [0.25, 0.3) is 10.9 Å². The zero-order chi connectivity index (χ0) is 35.7. The van der Waals surface area contributed by atoms with Crippen LogP contribution in [0.2, 0.25) is 0 Å². The smallest absolute Gasteiger partial charge is 0.270 e. The maximum atomic E-state index is 14.4. The van der Waals surface area contributed by atoms with Gasteiger partial charge in [0.15, 0.2) is 0 Å². The average molecular weight is 697 g/mol. The standard InChI is InChI=1S/C38H44N6O5S/c1-27(2)20-21-44(50(48,49)31-15-8-5-9-16-31)25-36(45)35(22-28-12-6-4-7-13-28)43(3)38(47)34(23-30-24-39-26-40-30)42-37(46)33-19-18-29-14-10-11-17-32(29)41-33/h4-19,24,26-27,34-36,45H,20-23,25H2,1-3H3,(H,39,40)(H,42,46). The van der Waals surface area contributed by atoms with Gasteiger partial charge < -0.3 is 20.3 Å². The number of pyridine rings is 1. The van der Waals surface area contributed by atoms with E-state index < -0.39 is 40.0 Å². The van der Waals surface area contributed by atoms with Crippen LogP contribution in [0.15, 0.2) is 114 Å². The minimum Gasteiger partial charge on any atom is -0.390 e. The lowest BCUT2D eigenvalue weighted by molar-refractivity contribution is -0.136. The molecule has 3 N–H and O–H groups in total. The Morgan fingerprint density at radius 2 is 1.58 bits per heavy atom. The van der Waals surface area contributed by atoms with Crippen LogP contribution >= 0.6 is 0 Å². The molecule has 11 nitrogen and oxygen atoms in total. The van der Waals surface area contributed by atoms with E-state index in [1.54, 1.807) is 43.6 Å². The van der Waals surface area contributed by atoms with Gasteiger partial charge in [-0.1, -0.05) is 86.6 Å². The molecule has 0 saturated heterocycles. The van der Waals surface area contributed by atoms with Gasteiger partial charge in [-0.25, -0.2) is 18.4 Å². The SMILES string of the molecule is CC(C)CCN(CC(O)C(Cc1ccccc1)N(C)C(=O)C(Cc1cnc[nH]1)NC(=O)c1ccc2ccccc2n1)S(=O)(=O)c1ccccc1. The van der Waals surface area contributed by atoms with Crippen LogP contribution in [0.1, 0.15) is 42.0 Å². The summed E-state index contributed by atoms with van der Waals surface area (Å²) in [5.74, 6) is -0.779. The molecule has 0 bridgehead atoms. The fourth-order valence-corrected chi connectivity index (χ4v) is 7.31. The molecule has 5 aromatic rings. The molecule has 3 aromatic carbocycles. The van der Waals surface area contributed by atoms with Gasteiger partial charge in [0.25, 0.3) is 5.91 Å². The summed E-state index contributed by atoms with van der Waals surface area (Å²) in [7, 11) is -2.39. The highest BCUT2D eigenvalue weighted by Gasteiger charge is 2.36. The average Bonchev–Trinajstić information content (AvgIpc) is 3.65. The zero-order valence-electron chi connectivity index (χ0n) is 28.5. The normalized spacial score (nSPS) is 13.6. The van der Waals surface area contributed by atoms with Crippen molar-refractivity contribution in [2.24, 2.45) is 5.92 Å². The van der Waals surface area contributed by atoms with Crippen molar-refractivity contribution in [2.75, 3.05) is 20.1 Å². The van der Waals surface area contributed by atoms with Gasteiger partial charge in [0, 0.05) is 43.8 Å². The second kappa shape index (κ2) is 16.7. The number of imidazole rings is 1. The molecule has 50 heavy (non-hydrogen) atoms. The van der Waals surface area contributed by atoms with E-state index in [1.807, 2.05) is 68.4 Å². The second-order valence-corrected chi connectivity index (χ2v) is 14.8. The number of nitrogens with zero attached hydrogens (tertiary/aromatic N) is 4. The number of aromatic nitrogens is 3. The zero-order valence-corrected chi connectivity index (χ0v) is 29.3. The molecule has 0 saturated carbocycles. The number of sulfonamides is 1. The summed E-state index contributed by atoms with van der Waals surface area (Å²) in [6.07, 6.45) is 2.72. The number of rotatable bonds is 16. The monoisotopic (exact) mass is 696 g/mol. The van der Waals surface area contributed by atoms with Crippen molar-refractivity contribution < 1.29 is 23.1 Å². The van der Waals surface area contributed by atoms with Crippen molar-refractivity contribution in [2.45, 2.75) is 56.2 Å². The summed E-state index contributed by atoms with van der Waals surface area (Å²) < 4.78 is 29.0. The minimum atomic E-state index is -3.96. The number of fused-ring (bicyclic) bond motifs is 1. The maximum absolute atomic E-state index is 14.4. The molecule has 5 rings (SSSR count). The number of para-hydroxylation sites is 1. The number of hydrogen-bond donors (Lipinski definition) is 3. The summed E-state index contributed by atoms with van der Waals surface area (Å²) in [5.41, 5.74) is 2.27. The summed E-state index contributed by atoms with van der Waals surface area (Å²) in [5, 5.41) is 15.7. The Bertz CT molecular complexity index is 1960. The molecule has 3 unspecified atom stereocenters. The molecular formula is C38H44N6O5S. The number of nitrogens with one attached hydrogen (secondary N) is 2. The van der Waals surface area contributed by atoms with E-state index in [2.05, 4.69) is 20.3 Å². The molecule has 12 heteroatoms. The van der Waals surface area contributed by atoms with Crippen LogP contribution in [-0.4, -0.2) is 87.8 Å². The molecule has 0 spiro atoms. The van der Waals surface area contributed by atoms with Crippen molar-refractivity contribution >= 4 is 32.7 Å². The molecule has 0 aliphatic heterocycles. The summed E-state index contributed by atoms with van der Waals surface area (Å²) in [4.78, 5) is 41.1. The number of H-pyrrole nitrogens is 1. The largest absolute Gasteiger partial charge is 0.390 e. The van der Waals surface area contributed by atoms with Crippen LogP contribution < -0.4 is 5.32 Å². The summed E-state index contributed by atoms with van der Waals surface area (Å²) >= 11 is 0. The highest BCUT2D eigenvalue weighted by Crippen LogP contribution is 2.21. The van der Waals surface area contributed by atoms with E-state index in [0.29, 0.717) is 17.6 Å². The number of benzene rings is 3. The lowest BCUT2D eigenvalue weighted by Gasteiger charge is -2.36. The Labute approximate surface area is 293 Å². The number of amides is 2. The van der Waals surface area contributed by atoms with E-state index >= 15 is 0 Å². The third-order valence-corrected chi connectivity index (χ3v) is 10.6. The van der Waals surface area contributed by atoms with Crippen molar-refractivity contribution in [3.8, 4) is 0 Å². The van der Waals surface area contributed by atoms with Crippen LogP contribution in [0, 0.1) is 5.92 Å². The fourth-order valence-electron chi connectivity index (χ4n) is 5.82. The molecule has 2 heterocycles. The molecule has 0 aliphatic carbocycles. The van der Waals surface area contributed by atoms with E-state index in [-0.39, 0.29) is 42.4 Å². The van der Waals surface area contributed by atoms with E-state index in [4.69, 9.17) is 0 Å². The third kappa shape index (κ3) is 9.20. The van der Waals surface area contributed by atoms with Crippen molar-refractivity contribution in [1.82, 2.24) is 29.5 Å². The van der Waals surface area contributed by atoms with E-state index in [0.717, 1.165) is 10.9 Å². The molecule has 0 radical (unpaired) electrons.